The lowest BCUT2D eigenvalue weighted by Gasteiger charge is -2.35. The van der Waals surface area contributed by atoms with Crippen molar-refractivity contribution >= 4 is 5.91 Å². The maximum atomic E-state index is 12.7. The van der Waals surface area contributed by atoms with Gasteiger partial charge in [0.15, 0.2) is 0 Å². The average molecular weight is 219 g/mol. The van der Waals surface area contributed by atoms with Crippen LogP contribution in [0.25, 0.3) is 0 Å². The normalized spacial score (nSPS) is 49.2. The van der Waals surface area contributed by atoms with E-state index in [1.165, 1.54) is 44.9 Å². The van der Waals surface area contributed by atoms with E-state index in [-0.39, 0.29) is 5.41 Å². The summed E-state index contributed by atoms with van der Waals surface area (Å²) in [7, 11) is 0. The van der Waals surface area contributed by atoms with Gasteiger partial charge >= 0.3 is 0 Å². The first kappa shape index (κ1) is 9.49. The first-order valence-electron chi connectivity index (χ1n) is 7.07. The van der Waals surface area contributed by atoms with Crippen LogP contribution in [-0.4, -0.2) is 23.9 Å². The van der Waals surface area contributed by atoms with Crippen molar-refractivity contribution in [3.8, 4) is 0 Å². The first-order chi connectivity index (χ1) is 7.78. The smallest absolute Gasteiger partial charge is 0.229 e. The van der Waals surface area contributed by atoms with Gasteiger partial charge in [-0.1, -0.05) is 0 Å². The molecule has 1 heterocycles. The predicted octanol–water partition coefficient (Wildman–Crippen LogP) is 2.44. The van der Waals surface area contributed by atoms with Crippen molar-refractivity contribution in [2.24, 2.45) is 23.2 Å². The Hall–Kier alpha value is -0.530. The molecule has 4 bridgehead atoms. The molecule has 2 nitrogen and oxygen atoms in total. The van der Waals surface area contributed by atoms with Crippen LogP contribution in [0.2, 0.25) is 0 Å². The molecule has 2 unspecified atom stereocenters. The van der Waals surface area contributed by atoms with Gasteiger partial charge in [-0.05, 0) is 62.7 Å². The lowest BCUT2D eigenvalue weighted by molar-refractivity contribution is -0.143. The largest absolute Gasteiger partial charge is 0.342 e. The van der Waals surface area contributed by atoms with Gasteiger partial charge in [0, 0.05) is 13.1 Å². The van der Waals surface area contributed by atoms with Gasteiger partial charge in [-0.2, -0.15) is 0 Å². The lowest BCUT2D eigenvalue weighted by Crippen LogP contribution is -2.43. The Kier molecular flexibility index (Phi) is 1.79. The number of likely N-dealkylation sites (tertiary alicyclic amines) is 1. The second kappa shape index (κ2) is 3.02. The van der Waals surface area contributed by atoms with Gasteiger partial charge in [-0.15, -0.1) is 0 Å². The molecule has 5 aliphatic rings. The van der Waals surface area contributed by atoms with Crippen LogP contribution in [0.4, 0.5) is 0 Å². The molecular formula is C14H21NO. The second-order valence-electron chi connectivity index (χ2n) is 6.70. The van der Waals surface area contributed by atoms with E-state index in [2.05, 4.69) is 4.90 Å². The Morgan fingerprint density at radius 3 is 2.25 bits per heavy atom. The molecule has 88 valence electrons. The SMILES string of the molecule is O=C(N1CCCC1)C12CC3CC(CC1C3)C2. The molecule has 0 radical (unpaired) electrons. The van der Waals surface area contributed by atoms with Gasteiger partial charge in [0.05, 0.1) is 5.41 Å². The van der Waals surface area contributed by atoms with E-state index in [1.54, 1.807) is 0 Å². The van der Waals surface area contributed by atoms with E-state index in [1.807, 2.05) is 0 Å². The summed E-state index contributed by atoms with van der Waals surface area (Å²) >= 11 is 0. The van der Waals surface area contributed by atoms with Crippen LogP contribution < -0.4 is 0 Å². The summed E-state index contributed by atoms with van der Waals surface area (Å²) < 4.78 is 0. The molecule has 1 amide bonds. The van der Waals surface area contributed by atoms with E-state index in [0.29, 0.717) is 5.91 Å². The van der Waals surface area contributed by atoms with Crippen LogP contribution in [0.5, 0.6) is 0 Å². The van der Waals surface area contributed by atoms with Crippen LogP contribution >= 0.6 is 0 Å². The summed E-state index contributed by atoms with van der Waals surface area (Å²) in [6.07, 6.45) is 9.13. The van der Waals surface area contributed by atoms with Crippen molar-refractivity contribution in [2.45, 2.75) is 44.9 Å². The van der Waals surface area contributed by atoms with Gasteiger partial charge < -0.3 is 4.90 Å². The fourth-order valence-corrected chi connectivity index (χ4v) is 5.38. The maximum absolute atomic E-state index is 12.7. The number of hydrogen-bond donors (Lipinski definition) is 0. The quantitative estimate of drug-likeness (QED) is 0.663. The summed E-state index contributed by atoms with van der Waals surface area (Å²) in [5, 5.41) is 0. The zero-order chi connectivity index (χ0) is 10.8. The number of carbonyl (C=O) groups is 1. The van der Waals surface area contributed by atoms with Gasteiger partial charge in [-0.25, -0.2) is 0 Å². The zero-order valence-electron chi connectivity index (χ0n) is 9.95. The number of nitrogens with zero attached hydrogens (tertiary/aromatic N) is 1. The van der Waals surface area contributed by atoms with E-state index in [4.69, 9.17) is 0 Å². The molecule has 0 aromatic rings. The fourth-order valence-electron chi connectivity index (χ4n) is 5.38. The molecule has 2 heteroatoms. The fraction of sp³-hybridized carbons (Fsp3) is 0.929. The molecule has 16 heavy (non-hydrogen) atoms. The zero-order valence-corrected chi connectivity index (χ0v) is 9.95. The minimum absolute atomic E-state index is 0.137. The molecule has 1 saturated heterocycles. The highest BCUT2D eigenvalue weighted by Crippen LogP contribution is 2.66. The van der Waals surface area contributed by atoms with Crippen LogP contribution in [0.15, 0.2) is 0 Å². The Labute approximate surface area is 97.4 Å². The van der Waals surface area contributed by atoms with Crippen molar-refractivity contribution < 1.29 is 4.79 Å². The summed E-state index contributed by atoms with van der Waals surface area (Å²) in [6, 6.07) is 0. The number of rotatable bonds is 1. The summed E-state index contributed by atoms with van der Waals surface area (Å²) in [5.41, 5.74) is 0.137. The average Bonchev–Trinajstić information content (AvgIpc) is 2.91. The van der Waals surface area contributed by atoms with Crippen molar-refractivity contribution in [1.29, 1.82) is 0 Å². The standard InChI is InChI=1S/C14H21NO/c16-13(15-3-1-2-4-15)14-8-10-5-11(9-14)7-12(14)6-10/h10-12H,1-9H2. The van der Waals surface area contributed by atoms with Gasteiger partial charge in [0.2, 0.25) is 5.91 Å². The van der Waals surface area contributed by atoms with Crippen molar-refractivity contribution in [3.63, 3.8) is 0 Å². The van der Waals surface area contributed by atoms with Gasteiger partial charge in [0.25, 0.3) is 0 Å². The Bertz CT molecular complexity index is 318. The predicted molar refractivity (Wildman–Crippen MR) is 61.8 cm³/mol. The Balaban J connectivity index is 1.64. The minimum atomic E-state index is 0.137. The highest BCUT2D eigenvalue weighted by atomic mass is 16.2. The number of amides is 1. The molecule has 0 N–H and O–H groups in total. The second-order valence-corrected chi connectivity index (χ2v) is 6.70. The topological polar surface area (TPSA) is 20.3 Å². The van der Waals surface area contributed by atoms with E-state index in [9.17, 15) is 4.79 Å². The molecule has 2 atom stereocenters. The van der Waals surface area contributed by atoms with Crippen molar-refractivity contribution in [1.82, 2.24) is 4.90 Å². The van der Waals surface area contributed by atoms with Crippen molar-refractivity contribution in [3.05, 3.63) is 0 Å². The Morgan fingerprint density at radius 2 is 1.62 bits per heavy atom. The summed E-state index contributed by atoms with van der Waals surface area (Å²) in [5.74, 6) is 3.14. The lowest BCUT2D eigenvalue weighted by atomic mass is 9.74. The van der Waals surface area contributed by atoms with E-state index in [0.717, 1.165) is 30.8 Å². The third kappa shape index (κ3) is 1.06. The van der Waals surface area contributed by atoms with Crippen LogP contribution in [0.1, 0.15) is 44.9 Å². The van der Waals surface area contributed by atoms with Gasteiger partial charge in [0.1, 0.15) is 0 Å². The first-order valence-corrected chi connectivity index (χ1v) is 7.07. The van der Waals surface area contributed by atoms with E-state index < -0.39 is 0 Å². The third-order valence-corrected chi connectivity index (χ3v) is 5.81. The highest BCUT2D eigenvalue weighted by Gasteiger charge is 2.62. The third-order valence-electron chi connectivity index (χ3n) is 5.81. The molecule has 5 rings (SSSR count). The molecule has 0 aromatic heterocycles. The Morgan fingerprint density at radius 1 is 1.00 bits per heavy atom. The summed E-state index contributed by atoms with van der Waals surface area (Å²) in [4.78, 5) is 14.9. The molecule has 4 aliphatic carbocycles. The monoisotopic (exact) mass is 219 g/mol. The molecular weight excluding hydrogens is 198 g/mol. The molecule has 5 fully saturated rings. The van der Waals surface area contributed by atoms with Crippen LogP contribution in [0, 0.1) is 23.2 Å². The molecule has 0 aromatic carbocycles. The number of carbonyl (C=O) groups excluding carboxylic acids is 1. The molecule has 4 saturated carbocycles. The molecule has 1 aliphatic heterocycles. The van der Waals surface area contributed by atoms with E-state index >= 15 is 0 Å². The molecule has 0 spiro atoms. The highest BCUT2D eigenvalue weighted by molar-refractivity contribution is 5.84. The van der Waals surface area contributed by atoms with Gasteiger partial charge in [-0.3, -0.25) is 4.79 Å². The van der Waals surface area contributed by atoms with Crippen molar-refractivity contribution in [2.75, 3.05) is 13.1 Å². The summed E-state index contributed by atoms with van der Waals surface area (Å²) in [6.45, 7) is 2.09. The maximum Gasteiger partial charge on any atom is 0.229 e. The van der Waals surface area contributed by atoms with Crippen LogP contribution in [0.3, 0.4) is 0 Å². The number of hydrogen-bond acceptors (Lipinski definition) is 1. The minimum Gasteiger partial charge on any atom is -0.342 e. The van der Waals surface area contributed by atoms with Crippen LogP contribution in [-0.2, 0) is 4.79 Å².